The van der Waals surface area contributed by atoms with E-state index >= 15 is 0 Å². The number of rotatable bonds is 3. The maximum Gasteiger partial charge on any atom is 0.320 e. The Morgan fingerprint density at radius 2 is 2.00 bits per heavy atom. The summed E-state index contributed by atoms with van der Waals surface area (Å²) in [7, 11) is 1.00. The average Bonchev–Trinajstić information content (AvgIpc) is 1.93. The van der Waals surface area contributed by atoms with Gasteiger partial charge in [-0.1, -0.05) is 0 Å². The van der Waals surface area contributed by atoms with Crippen LogP contribution in [0.2, 0.25) is 0 Å². The van der Waals surface area contributed by atoms with E-state index < -0.39 is 12.0 Å². The summed E-state index contributed by atoms with van der Waals surface area (Å²) < 4.78 is 0. The minimum Gasteiger partial charge on any atom is -0.480 e. The Morgan fingerprint density at radius 1 is 1.60 bits per heavy atom. The monoisotopic (exact) mass is 151 g/mol. The van der Waals surface area contributed by atoms with Crippen molar-refractivity contribution in [1.82, 2.24) is 0 Å². The number of aliphatic carboxylic acids is 1. The molecule has 0 unspecified atom stereocenters. The molecular weight excluding hydrogens is 138 g/mol. The zero-order chi connectivity index (χ0) is 8.57. The van der Waals surface area contributed by atoms with Crippen molar-refractivity contribution < 1.29 is 20.1 Å². The highest BCUT2D eigenvalue weighted by Gasteiger charge is 2.08. The van der Waals surface area contributed by atoms with Crippen molar-refractivity contribution in [3.05, 3.63) is 0 Å². The Balaban J connectivity index is 0. The lowest BCUT2D eigenvalue weighted by molar-refractivity contribution is -0.138. The summed E-state index contributed by atoms with van der Waals surface area (Å²) in [4.78, 5) is 9.85. The topological polar surface area (TPSA) is 104 Å². The van der Waals surface area contributed by atoms with Gasteiger partial charge in [0.05, 0.1) is 0 Å². The maximum absolute atomic E-state index is 9.85. The minimum atomic E-state index is -1.07. The van der Waals surface area contributed by atoms with E-state index in [-0.39, 0.29) is 13.0 Å². The average molecular weight is 151 g/mol. The quantitative estimate of drug-likeness (QED) is 0.388. The van der Waals surface area contributed by atoms with E-state index in [1.807, 2.05) is 0 Å². The standard InChI is InChI=1S/C4H9NO3.CH4O/c5-3(1-2-6)4(7)8;1-2/h3,6H,1-2,5H2,(H,7,8);2H,1H3/t3-;/m0./s1. The van der Waals surface area contributed by atoms with Crippen molar-refractivity contribution in [3.8, 4) is 0 Å². The fourth-order valence-corrected chi connectivity index (χ4v) is 0.263. The molecule has 10 heavy (non-hydrogen) atoms. The van der Waals surface area contributed by atoms with Crippen LogP contribution in [0.4, 0.5) is 0 Å². The number of carboxylic acid groups (broad SMARTS) is 1. The van der Waals surface area contributed by atoms with Gasteiger partial charge in [0, 0.05) is 13.7 Å². The largest absolute Gasteiger partial charge is 0.480 e. The zero-order valence-corrected chi connectivity index (χ0v) is 5.82. The number of aliphatic hydroxyl groups is 2. The molecule has 0 fully saturated rings. The summed E-state index contributed by atoms with van der Waals surface area (Å²) >= 11 is 0. The van der Waals surface area contributed by atoms with Crippen LogP contribution in [0.25, 0.3) is 0 Å². The molecule has 0 aliphatic rings. The number of carbonyl (C=O) groups is 1. The third-order valence-corrected chi connectivity index (χ3v) is 0.757. The van der Waals surface area contributed by atoms with Gasteiger partial charge in [-0.15, -0.1) is 0 Å². The van der Waals surface area contributed by atoms with Crippen molar-refractivity contribution in [3.63, 3.8) is 0 Å². The molecule has 1 atom stereocenters. The van der Waals surface area contributed by atoms with E-state index in [4.69, 9.17) is 21.1 Å². The van der Waals surface area contributed by atoms with Crippen LogP contribution in [0, 0.1) is 0 Å². The molecule has 0 saturated carbocycles. The van der Waals surface area contributed by atoms with Gasteiger partial charge in [-0.25, -0.2) is 0 Å². The normalized spacial score (nSPS) is 11.2. The number of aliphatic hydroxyl groups excluding tert-OH is 2. The Hall–Kier alpha value is -0.650. The first-order valence-electron chi connectivity index (χ1n) is 2.72. The second-order valence-corrected chi connectivity index (χ2v) is 1.46. The fraction of sp³-hybridized carbons (Fsp3) is 0.800. The molecule has 0 radical (unpaired) electrons. The molecule has 0 heterocycles. The summed E-state index contributed by atoms with van der Waals surface area (Å²) in [5, 5.41) is 23.2. The van der Waals surface area contributed by atoms with Gasteiger partial charge < -0.3 is 21.1 Å². The van der Waals surface area contributed by atoms with Crippen LogP contribution in [0.1, 0.15) is 6.42 Å². The molecule has 62 valence electrons. The molecule has 0 aromatic rings. The van der Waals surface area contributed by atoms with Crippen molar-refractivity contribution in [2.45, 2.75) is 12.5 Å². The first-order chi connectivity index (χ1) is 4.68. The van der Waals surface area contributed by atoms with Crippen molar-refractivity contribution in [2.24, 2.45) is 5.73 Å². The molecule has 0 aromatic heterocycles. The highest BCUT2D eigenvalue weighted by atomic mass is 16.4. The highest BCUT2D eigenvalue weighted by molar-refractivity contribution is 5.72. The predicted molar refractivity (Wildman–Crippen MR) is 35.5 cm³/mol. The molecule has 5 heteroatoms. The van der Waals surface area contributed by atoms with E-state index in [2.05, 4.69) is 0 Å². The molecule has 5 nitrogen and oxygen atoms in total. The summed E-state index contributed by atoms with van der Waals surface area (Å²) in [6.45, 7) is -0.173. The minimum absolute atomic E-state index is 0.120. The number of nitrogens with two attached hydrogens (primary N) is 1. The molecular formula is C5H13NO4. The lowest BCUT2D eigenvalue weighted by Crippen LogP contribution is -2.30. The summed E-state index contributed by atoms with van der Waals surface area (Å²) in [5.41, 5.74) is 4.97. The van der Waals surface area contributed by atoms with Crippen LogP contribution in [0.3, 0.4) is 0 Å². The molecule has 5 N–H and O–H groups in total. The van der Waals surface area contributed by atoms with Gasteiger partial charge in [-0.2, -0.15) is 0 Å². The van der Waals surface area contributed by atoms with Crippen LogP contribution in [-0.2, 0) is 4.79 Å². The first-order valence-corrected chi connectivity index (χ1v) is 2.72. The fourth-order valence-electron chi connectivity index (χ4n) is 0.263. The smallest absolute Gasteiger partial charge is 0.320 e. The molecule has 0 saturated heterocycles. The molecule has 0 amide bonds. The second-order valence-electron chi connectivity index (χ2n) is 1.46. The van der Waals surface area contributed by atoms with Gasteiger partial charge in [0.1, 0.15) is 6.04 Å². The third kappa shape index (κ3) is 7.35. The van der Waals surface area contributed by atoms with Gasteiger partial charge in [-0.05, 0) is 6.42 Å². The summed E-state index contributed by atoms with van der Waals surface area (Å²) in [6, 6.07) is -0.917. The van der Waals surface area contributed by atoms with Crippen LogP contribution in [0.15, 0.2) is 0 Å². The Morgan fingerprint density at radius 3 is 2.10 bits per heavy atom. The van der Waals surface area contributed by atoms with Crippen LogP contribution >= 0.6 is 0 Å². The molecule has 0 spiro atoms. The molecule has 0 bridgehead atoms. The third-order valence-electron chi connectivity index (χ3n) is 0.757. The molecule has 0 aliphatic carbocycles. The van der Waals surface area contributed by atoms with Gasteiger partial charge >= 0.3 is 5.97 Å². The summed E-state index contributed by atoms with van der Waals surface area (Å²) in [6.07, 6.45) is 0.120. The predicted octanol–water partition coefficient (Wildman–Crippen LogP) is -1.61. The number of hydrogen-bond acceptors (Lipinski definition) is 4. The van der Waals surface area contributed by atoms with E-state index in [9.17, 15) is 4.79 Å². The highest BCUT2D eigenvalue weighted by Crippen LogP contribution is 1.83. The van der Waals surface area contributed by atoms with Gasteiger partial charge in [0.25, 0.3) is 0 Å². The molecule has 0 aromatic carbocycles. The zero-order valence-electron chi connectivity index (χ0n) is 5.82. The maximum atomic E-state index is 9.85. The SMILES string of the molecule is CO.N[C@@H](CCO)C(=O)O. The van der Waals surface area contributed by atoms with Gasteiger partial charge in [0.15, 0.2) is 0 Å². The van der Waals surface area contributed by atoms with E-state index in [0.29, 0.717) is 0 Å². The van der Waals surface area contributed by atoms with Crippen LogP contribution < -0.4 is 5.73 Å². The lowest BCUT2D eigenvalue weighted by Gasteiger charge is -2.00. The van der Waals surface area contributed by atoms with Crippen LogP contribution in [0.5, 0.6) is 0 Å². The van der Waals surface area contributed by atoms with E-state index in [1.165, 1.54) is 0 Å². The second kappa shape index (κ2) is 8.35. The van der Waals surface area contributed by atoms with Crippen molar-refractivity contribution in [2.75, 3.05) is 13.7 Å². The van der Waals surface area contributed by atoms with E-state index in [1.54, 1.807) is 0 Å². The first kappa shape index (κ1) is 12.1. The Bertz CT molecular complexity index is 85.7. The van der Waals surface area contributed by atoms with Crippen LogP contribution in [-0.4, -0.2) is 41.0 Å². The summed E-state index contributed by atoms with van der Waals surface area (Å²) in [5.74, 6) is -1.07. The Kier molecular flexibility index (Phi) is 10.1. The number of carboxylic acids is 1. The Labute approximate surface area is 59.1 Å². The van der Waals surface area contributed by atoms with Gasteiger partial charge in [0.2, 0.25) is 0 Å². The number of hydrogen-bond donors (Lipinski definition) is 4. The van der Waals surface area contributed by atoms with Gasteiger partial charge in [-0.3, -0.25) is 4.79 Å². The van der Waals surface area contributed by atoms with E-state index in [0.717, 1.165) is 7.11 Å². The van der Waals surface area contributed by atoms with Crippen molar-refractivity contribution in [1.29, 1.82) is 0 Å². The molecule has 0 aliphatic heterocycles. The van der Waals surface area contributed by atoms with Crippen molar-refractivity contribution >= 4 is 5.97 Å². The molecule has 0 rings (SSSR count). The lowest BCUT2D eigenvalue weighted by atomic mass is 10.2.